The van der Waals surface area contributed by atoms with Crippen LogP contribution in [-0.4, -0.2) is 25.0 Å². The highest BCUT2D eigenvalue weighted by Gasteiger charge is 2.21. The molecule has 0 radical (unpaired) electrons. The first-order chi connectivity index (χ1) is 14.4. The highest BCUT2D eigenvalue weighted by molar-refractivity contribution is 7.91. The fourth-order valence-corrected chi connectivity index (χ4v) is 5.39. The third-order valence-corrected chi connectivity index (χ3v) is 7.45. The maximum Gasteiger partial charge on any atom is 0.206 e. The van der Waals surface area contributed by atoms with Gasteiger partial charge in [-0.25, -0.2) is 13.4 Å². The van der Waals surface area contributed by atoms with E-state index in [9.17, 15) is 8.42 Å². The minimum absolute atomic E-state index is 0.271. The number of benzene rings is 3. The van der Waals surface area contributed by atoms with Crippen molar-refractivity contribution in [3.63, 3.8) is 0 Å². The van der Waals surface area contributed by atoms with E-state index in [-0.39, 0.29) is 4.90 Å². The maximum absolute atomic E-state index is 13.2. The number of aromatic nitrogens is 2. The zero-order chi connectivity index (χ0) is 21.0. The zero-order valence-electron chi connectivity index (χ0n) is 17.0. The number of rotatable bonds is 3. The van der Waals surface area contributed by atoms with E-state index in [1.165, 1.54) is 0 Å². The molecule has 6 heteroatoms. The minimum Gasteiger partial charge on any atom is -0.386 e. The Kier molecular flexibility index (Phi) is 4.08. The lowest BCUT2D eigenvalue weighted by molar-refractivity contribution is 0.596. The predicted molar refractivity (Wildman–Crippen MR) is 122 cm³/mol. The molecule has 0 aliphatic carbocycles. The lowest BCUT2D eigenvalue weighted by atomic mass is 10.1. The molecule has 0 saturated heterocycles. The third-order valence-electron chi connectivity index (χ3n) is 5.68. The van der Waals surface area contributed by atoms with Crippen LogP contribution in [0.1, 0.15) is 5.56 Å². The summed E-state index contributed by atoms with van der Waals surface area (Å²) in [6, 6.07) is 20.2. The molecule has 2 heterocycles. The van der Waals surface area contributed by atoms with Gasteiger partial charge in [-0.1, -0.05) is 35.9 Å². The third kappa shape index (κ3) is 2.60. The molecule has 5 rings (SSSR count). The normalized spacial score (nSPS) is 12.1. The van der Waals surface area contributed by atoms with Crippen LogP contribution >= 0.6 is 0 Å². The number of aryl methyl sites for hydroxylation is 2. The number of nitrogens with zero attached hydrogens (tertiary/aromatic N) is 2. The van der Waals surface area contributed by atoms with Gasteiger partial charge in [0.25, 0.3) is 0 Å². The van der Waals surface area contributed by atoms with Gasteiger partial charge in [0.15, 0.2) is 0 Å². The molecular formula is C24H21N3O2S. The van der Waals surface area contributed by atoms with Gasteiger partial charge in [0.05, 0.1) is 37.5 Å². The molecule has 3 aromatic carbocycles. The van der Waals surface area contributed by atoms with E-state index in [0.29, 0.717) is 4.90 Å². The van der Waals surface area contributed by atoms with Crippen LogP contribution in [0.3, 0.4) is 0 Å². The lowest BCUT2D eigenvalue weighted by Crippen LogP contribution is -2.02. The Balaban J connectivity index is 1.84. The van der Waals surface area contributed by atoms with E-state index in [4.69, 9.17) is 4.98 Å². The van der Waals surface area contributed by atoms with Gasteiger partial charge in [-0.05, 0) is 43.3 Å². The fourth-order valence-electron chi connectivity index (χ4n) is 4.11. The van der Waals surface area contributed by atoms with E-state index >= 15 is 0 Å². The molecule has 0 aliphatic rings. The van der Waals surface area contributed by atoms with E-state index < -0.39 is 9.84 Å². The molecule has 0 atom stereocenters. The summed E-state index contributed by atoms with van der Waals surface area (Å²) in [5.74, 6) is 0. The molecule has 0 amide bonds. The maximum atomic E-state index is 13.2. The topological polar surface area (TPSA) is 64.0 Å². The second-order valence-electron chi connectivity index (χ2n) is 7.51. The van der Waals surface area contributed by atoms with Gasteiger partial charge in [-0.2, -0.15) is 0 Å². The molecule has 5 aromatic rings. The average Bonchev–Trinajstić information content (AvgIpc) is 3.04. The summed E-state index contributed by atoms with van der Waals surface area (Å²) in [6.45, 7) is 1.94. The number of nitrogens with one attached hydrogen (secondary N) is 1. The van der Waals surface area contributed by atoms with Crippen LogP contribution < -0.4 is 5.32 Å². The van der Waals surface area contributed by atoms with Crippen LogP contribution in [-0.2, 0) is 16.9 Å². The van der Waals surface area contributed by atoms with Crippen molar-refractivity contribution in [2.45, 2.75) is 16.7 Å². The summed E-state index contributed by atoms with van der Waals surface area (Å²) in [5, 5.41) is 5.17. The van der Waals surface area contributed by atoms with Crippen molar-refractivity contribution in [1.82, 2.24) is 9.55 Å². The number of para-hydroxylation sites is 1. The van der Waals surface area contributed by atoms with Crippen LogP contribution in [0.4, 0.5) is 5.69 Å². The zero-order valence-corrected chi connectivity index (χ0v) is 17.8. The Morgan fingerprint density at radius 2 is 1.60 bits per heavy atom. The highest BCUT2D eigenvalue weighted by Crippen LogP contribution is 2.37. The Bertz CT molecular complexity index is 1550. The minimum atomic E-state index is -3.62. The number of hydrogen-bond acceptors (Lipinski definition) is 4. The van der Waals surface area contributed by atoms with Crippen LogP contribution in [0.2, 0.25) is 0 Å². The van der Waals surface area contributed by atoms with E-state index in [1.54, 1.807) is 24.3 Å². The van der Waals surface area contributed by atoms with E-state index in [2.05, 4.69) is 9.88 Å². The summed E-state index contributed by atoms with van der Waals surface area (Å²) in [5.41, 5.74) is 5.56. The number of fused-ring (bicyclic) bond motifs is 4. The van der Waals surface area contributed by atoms with Crippen molar-refractivity contribution in [3.05, 3.63) is 72.3 Å². The largest absolute Gasteiger partial charge is 0.386 e. The average molecular weight is 416 g/mol. The quantitative estimate of drug-likeness (QED) is 0.447. The van der Waals surface area contributed by atoms with Gasteiger partial charge in [0.1, 0.15) is 0 Å². The molecule has 0 aliphatic heterocycles. The molecule has 1 N–H and O–H groups in total. The molecule has 0 fully saturated rings. The van der Waals surface area contributed by atoms with Gasteiger partial charge in [0.2, 0.25) is 9.84 Å². The van der Waals surface area contributed by atoms with Gasteiger partial charge in [-0.15, -0.1) is 0 Å². The number of anilines is 1. The molecular weight excluding hydrogens is 394 g/mol. The lowest BCUT2D eigenvalue weighted by Gasteiger charge is -2.09. The summed E-state index contributed by atoms with van der Waals surface area (Å²) in [6.07, 6.45) is 0. The number of sulfone groups is 1. The summed E-state index contributed by atoms with van der Waals surface area (Å²) >= 11 is 0. The molecule has 0 saturated carbocycles. The van der Waals surface area contributed by atoms with Crippen LogP contribution in [0.5, 0.6) is 0 Å². The van der Waals surface area contributed by atoms with Crippen molar-refractivity contribution in [1.29, 1.82) is 0 Å². The second kappa shape index (κ2) is 6.57. The SMILES string of the molecule is CNc1c2ccccc2nc2c3cc(S(=O)(=O)c4ccc(C)cc4)ccc3n(C)c12. The number of pyridine rings is 1. The van der Waals surface area contributed by atoms with E-state index in [0.717, 1.165) is 44.1 Å². The van der Waals surface area contributed by atoms with Gasteiger partial charge in [-0.3, -0.25) is 0 Å². The first-order valence-corrected chi connectivity index (χ1v) is 11.2. The van der Waals surface area contributed by atoms with Crippen molar-refractivity contribution in [3.8, 4) is 0 Å². The summed E-state index contributed by atoms with van der Waals surface area (Å²) in [4.78, 5) is 5.45. The molecule has 30 heavy (non-hydrogen) atoms. The van der Waals surface area contributed by atoms with Gasteiger partial charge in [0, 0.05) is 24.9 Å². The second-order valence-corrected chi connectivity index (χ2v) is 9.46. The monoisotopic (exact) mass is 415 g/mol. The van der Waals surface area contributed by atoms with Crippen LogP contribution in [0, 0.1) is 6.92 Å². The van der Waals surface area contributed by atoms with Crippen LogP contribution in [0.25, 0.3) is 32.8 Å². The van der Waals surface area contributed by atoms with E-state index in [1.807, 2.05) is 63.5 Å². The number of hydrogen-bond donors (Lipinski definition) is 1. The van der Waals surface area contributed by atoms with Crippen LogP contribution in [0.15, 0.2) is 76.5 Å². The summed E-state index contributed by atoms with van der Waals surface area (Å²) < 4.78 is 28.5. The Labute approximate surface area is 174 Å². The van der Waals surface area contributed by atoms with Gasteiger partial charge < -0.3 is 9.88 Å². The smallest absolute Gasteiger partial charge is 0.206 e. The van der Waals surface area contributed by atoms with Crippen molar-refractivity contribution in [2.24, 2.45) is 7.05 Å². The molecule has 0 spiro atoms. The molecule has 5 nitrogen and oxygen atoms in total. The Morgan fingerprint density at radius 1 is 0.900 bits per heavy atom. The fraction of sp³-hybridized carbons (Fsp3) is 0.125. The van der Waals surface area contributed by atoms with Crippen molar-refractivity contribution in [2.75, 3.05) is 12.4 Å². The Hall–Kier alpha value is -3.38. The molecule has 2 aromatic heterocycles. The van der Waals surface area contributed by atoms with Crippen molar-refractivity contribution < 1.29 is 8.42 Å². The first kappa shape index (κ1) is 18.6. The molecule has 0 bridgehead atoms. The molecule has 0 unspecified atom stereocenters. The molecule has 150 valence electrons. The highest BCUT2D eigenvalue weighted by atomic mass is 32.2. The summed E-state index contributed by atoms with van der Waals surface area (Å²) in [7, 11) is 0.260. The Morgan fingerprint density at radius 3 is 2.33 bits per heavy atom. The predicted octanol–water partition coefficient (Wildman–Crippen LogP) is 5.06. The van der Waals surface area contributed by atoms with Gasteiger partial charge >= 0.3 is 0 Å². The van der Waals surface area contributed by atoms with Crippen molar-refractivity contribution >= 4 is 48.4 Å². The standard InChI is InChI=1S/C24H21N3O2S/c1-15-8-10-16(11-9-15)30(28,29)17-12-13-21-19(14-17)23-24(27(21)3)22(25-2)18-6-4-5-7-20(18)26-23/h4-14H,1-3H3,(H,25,26). The first-order valence-electron chi connectivity index (χ1n) is 9.72.